The number of esters is 1. The van der Waals surface area contributed by atoms with Crippen LogP contribution in [0.15, 0.2) is 41.5 Å². The molecule has 27 heavy (non-hydrogen) atoms. The number of rotatable bonds is 7. The summed E-state index contributed by atoms with van der Waals surface area (Å²) in [4.78, 5) is 40.7. The number of benzene rings is 1. The summed E-state index contributed by atoms with van der Waals surface area (Å²) < 4.78 is 11.8. The molecule has 140 valence electrons. The van der Waals surface area contributed by atoms with Gasteiger partial charge < -0.3 is 15.2 Å². The van der Waals surface area contributed by atoms with Gasteiger partial charge in [-0.15, -0.1) is 11.3 Å². The SMILES string of the molecule is Cc1c(C(=O)OCCOc2ccccc2)sc2ncn(CC(N)=O)c(=O)c12. The smallest absolute Gasteiger partial charge is 0.348 e. The zero-order valence-corrected chi connectivity index (χ0v) is 15.3. The van der Waals surface area contributed by atoms with Crippen LogP contribution in [0.4, 0.5) is 0 Å². The Labute approximate surface area is 158 Å². The third-order valence-corrected chi connectivity index (χ3v) is 4.94. The van der Waals surface area contributed by atoms with Crippen molar-refractivity contribution in [2.75, 3.05) is 13.2 Å². The largest absolute Gasteiger partial charge is 0.490 e. The van der Waals surface area contributed by atoms with Crippen molar-refractivity contribution in [3.05, 3.63) is 57.5 Å². The van der Waals surface area contributed by atoms with Crippen LogP contribution in [-0.4, -0.2) is 34.6 Å². The van der Waals surface area contributed by atoms with Crippen LogP contribution in [0.5, 0.6) is 5.75 Å². The van der Waals surface area contributed by atoms with Crippen LogP contribution in [0.3, 0.4) is 0 Å². The summed E-state index contributed by atoms with van der Waals surface area (Å²) in [6.45, 7) is 1.66. The van der Waals surface area contributed by atoms with Crippen molar-refractivity contribution in [2.24, 2.45) is 5.73 Å². The molecule has 2 aromatic heterocycles. The molecule has 2 heterocycles. The van der Waals surface area contributed by atoms with Crippen LogP contribution >= 0.6 is 11.3 Å². The number of nitrogens with zero attached hydrogens (tertiary/aromatic N) is 2. The van der Waals surface area contributed by atoms with Gasteiger partial charge in [0.25, 0.3) is 5.56 Å². The highest BCUT2D eigenvalue weighted by Gasteiger charge is 2.20. The molecular weight excluding hydrogens is 370 g/mol. The average Bonchev–Trinajstić information content (AvgIpc) is 2.99. The Morgan fingerprint density at radius 1 is 1.22 bits per heavy atom. The maximum absolute atomic E-state index is 12.5. The monoisotopic (exact) mass is 387 g/mol. The lowest BCUT2D eigenvalue weighted by molar-refractivity contribution is -0.118. The van der Waals surface area contributed by atoms with Gasteiger partial charge in [-0.2, -0.15) is 0 Å². The van der Waals surface area contributed by atoms with E-state index < -0.39 is 17.4 Å². The van der Waals surface area contributed by atoms with E-state index in [9.17, 15) is 14.4 Å². The second-order valence-corrected chi connectivity index (χ2v) is 6.68. The molecule has 1 amide bonds. The molecule has 3 aromatic rings. The van der Waals surface area contributed by atoms with Gasteiger partial charge in [-0.1, -0.05) is 18.2 Å². The van der Waals surface area contributed by atoms with E-state index in [0.29, 0.717) is 21.0 Å². The molecule has 0 aliphatic rings. The third kappa shape index (κ3) is 4.14. The van der Waals surface area contributed by atoms with Gasteiger partial charge in [0, 0.05) is 0 Å². The van der Waals surface area contributed by atoms with Crippen LogP contribution in [-0.2, 0) is 16.1 Å². The first-order valence-corrected chi connectivity index (χ1v) is 8.91. The normalized spacial score (nSPS) is 10.7. The number of carbonyl (C=O) groups excluding carboxylic acids is 2. The van der Waals surface area contributed by atoms with E-state index in [1.54, 1.807) is 19.1 Å². The maximum Gasteiger partial charge on any atom is 0.348 e. The quantitative estimate of drug-likeness (QED) is 0.485. The molecule has 0 saturated heterocycles. The molecule has 0 unspecified atom stereocenters. The Kier molecular flexibility index (Phi) is 5.51. The Morgan fingerprint density at radius 3 is 2.67 bits per heavy atom. The number of nitrogens with two attached hydrogens (primary N) is 1. The first-order chi connectivity index (χ1) is 13.0. The van der Waals surface area contributed by atoms with Gasteiger partial charge >= 0.3 is 5.97 Å². The molecule has 0 spiro atoms. The summed E-state index contributed by atoms with van der Waals surface area (Å²) in [6.07, 6.45) is 1.24. The molecule has 2 N–H and O–H groups in total. The minimum atomic E-state index is -0.649. The van der Waals surface area contributed by atoms with Crippen LogP contribution in [0.2, 0.25) is 0 Å². The number of hydrogen-bond acceptors (Lipinski definition) is 7. The summed E-state index contributed by atoms with van der Waals surface area (Å²) >= 11 is 1.07. The van der Waals surface area contributed by atoms with Crippen molar-refractivity contribution < 1.29 is 19.1 Å². The number of ether oxygens (including phenoxy) is 2. The molecule has 0 bridgehead atoms. The van der Waals surface area contributed by atoms with E-state index in [4.69, 9.17) is 15.2 Å². The fourth-order valence-electron chi connectivity index (χ4n) is 2.51. The number of aryl methyl sites for hydroxylation is 1. The summed E-state index contributed by atoms with van der Waals surface area (Å²) in [5.41, 5.74) is 5.18. The van der Waals surface area contributed by atoms with E-state index in [1.165, 1.54) is 6.33 Å². The minimum Gasteiger partial charge on any atom is -0.490 e. The number of fused-ring (bicyclic) bond motifs is 1. The van der Waals surface area contributed by atoms with Gasteiger partial charge in [0.2, 0.25) is 5.91 Å². The lowest BCUT2D eigenvalue weighted by Gasteiger charge is -2.06. The van der Waals surface area contributed by atoms with E-state index in [2.05, 4.69) is 4.98 Å². The number of thiophene rings is 1. The molecule has 0 saturated carbocycles. The van der Waals surface area contributed by atoms with Crippen LogP contribution in [0.25, 0.3) is 10.2 Å². The number of aromatic nitrogens is 2. The Bertz CT molecular complexity index is 1040. The summed E-state index contributed by atoms with van der Waals surface area (Å²) in [7, 11) is 0. The molecule has 0 aliphatic carbocycles. The highest BCUT2D eigenvalue weighted by atomic mass is 32.1. The standard InChI is InChI=1S/C18H17N3O5S/c1-11-14-16(20-10-21(17(14)23)9-13(19)22)27-15(11)18(24)26-8-7-25-12-5-3-2-4-6-12/h2-6,10H,7-9H2,1H3,(H2,19,22). The third-order valence-electron chi connectivity index (χ3n) is 3.76. The van der Waals surface area contributed by atoms with Crippen molar-refractivity contribution in [1.82, 2.24) is 9.55 Å². The second kappa shape index (κ2) is 8.00. The van der Waals surface area contributed by atoms with Gasteiger partial charge in [0.1, 0.15) is 35.2 Å². The van der Waals surface area contributed by atoms with Crippen molar-refractivity contribution in [3.8, 4) is 5.75 Å². The number of carbonyl (C=O) groups is 2. The topological polar surface area (TPSA) is 114 Å². The van der Waals surface area contributed by atoms with Gasteiger partial charge in [-0.3, -0.25) is 14.2 Å². The van der Waals surface area contributed by atoms with E-state index >= 15 is 0 Å². The Hall–Kier alpha value is -3.20. The minimum absolute atomic E-state index is 0.0702. The molecule has 0 radical (unpaired) electrons. The van der Waals surface area contributed by atoms with Gasteiger partial charge in [-0.25, -0.2) is 9.78 Å². The highest BCUT2D eigenvalue weighted by Crippen LogP contribution is 2.27. The molecular formula is C18H17N3O5S. The highest BCUT2D eigenvalue weighted by molar-refractivity contribution is 7.20. The summed E-state index contributed by atoms with van der Waals surface area (Å²) in [5, 5.41) is 0.288. The van der Waals surface area contributed by atoms with Gasteiger partial charge in [-0.05, 0) is 24.6 Å². The molecule has 9 heteroatoms. The van der Waals surface area contributed by atoms with E-state index in [1.807, 2.05) is 18.2 Å². The van der Waals surface area contributed by atoms with Crippen molar-refractivity contribution in [1.29, 1.82) is 0 Å². The Morgan fingerprint density at radius 2 is 1.96 bits per heavy atom. The lowest BCUT2D eigenvalue weighted by Crippen LogP contribution is -2.28. The molecule has 3 rings (SSSR count). The number of primary amides is 1. The van der Waals surface area contributed by atoms with E-state index in [-0.39, 0.29) is 25.1 Å². The summed E-state index contributed by atoms with van der Waals surface area (Å²) in [5.74, 6) is -0.511. The van der Waals surface area contributed by atoms with Crippen LogP contribution in [0.1, 0.15) is 15.2 Å². The van der Waals surface area contributed by atoms with Gasteiger partial charge in [0.15, 0.2) is 0 Å². The Balaban J connectivity index is 1.71. The van der Waals surface area contributed by atoms with Crippen molar-refractivity contribution in [3.63, 3.8) is 0 Å². The molecule has 0 atom stereocenters. The molecule has 0 aliphatic heterocycles. The maximum atomic E-state index is 12.5. The van der Waals surface area contributed by atoms with E-state index in [0.717, 1.165) is 15.9 Å². The number of amides is 1. The lowest BCUT2D eigenvalue weighted by atomic mass is 10.2. The fourth-order valence-corrected chi connectivity index (χ4v) is 3.54. The zero-order chi connectivity index (χ0) is 19.4. The van der Waals surface area contributed by atoms with Crippen LogP contribution < -0.4 is 16.0 Å². The molecule has 8 nitrogen and oxygen atoms in total. The zero-order valence-electron chi connectivity index (χ0n) is 14.5. The van der Waals surface area contributed by atoms with Gasteiger partial charge in [0.05, 0.1) is 11.7 Å². The fraction of sp³-hybridized carbons (Fsp3) is 0.222. The molecule has 1 aromatic carbocycles. The summed E-state index contributed by atoms with van der Waals surface area (Å²) in [6, 6.07) is 9.18. The average molecular weight is 387 g/mol. The van der Waals surface area contributed by atoms with Crippen LogP contribution in [0, 0.1) is 6.92 Å². The number of para-hydroxylation sites is 1. The van der Waals surface area contributed by atoms with Crippen molar-refractivity contribution >= 4 is 33.4 Å². The predicted octanol–water partition coefficient (Wildman–Crippen LogP) is 1.49. The van der Waals surface area contributed by atoms with Crippen molar-refractivity contribution in [2.45, 2.75) is 13.5 Å². The first-order valence-electron chi connectivity index (χ1n) is 8.09. The number of hydrogen-bond donors (Lipinski definition) is 1. The molecule has 0 fully saturated rings. The first kappa shape index (κ1) is 18.6. The second-order valence-electron chi connectivity index (χ2n) is 5.68. The predicted molar refractivity (Wildman–Crippen MR) is 100 cm³/mol.